The summed E-state index contributed by atoms with van der Waals surface area (Å²) in [6, 6.07) is 7.26. The Hall–Kier alpha value is -2.24. The second kappa shape index (κ2) is 6.68. The summed E-state index contributed by atoms with van der Waals surface area (Å²) < 4.78 is 11.2. The Bertz CT molecular complexity index is 773. The highest BCUT2D eigenvalue weighted by Gasteiger charge is 2.59. The van der Waals surface area contributed by atoms with Crippen LogP contribution in [0.5, 0.6) is 11.5 Å². The van der Waals surface area contributed by atoms with Crippen molar-refractivity contribution in [2.45, 2.75) is 57.6 Å². The van der Waals surface area contributed by atoms with Gasteiger partial charge in [-0.25, -0.2) is 0 Å². The van der Waals surface area contributed by atoms with Crippen LogP contribution in [0.15, 0.2) is 24.3 Å². The lowest BCUT2D eigenvalue weighted by Gasteiger charge is -2.58. The number of amides is 1. The summed E-state index contributed by atoms with van der Waals surface area (Å²) in [6.45, 7) is 3.52. The minimum absolute atomic E-state index is 0.0460. The smallest absolute Gasteiger partial charge is 0.309 e. The van der Waals surface area contributed by atoms with E-state index in [1.165, 1.54) is 0 Å². The molecule has 5 rings (SSSR count). The predicted molar refractivity (Wildman–Crippen MR) is 103 cm³/mol. The molecular weight excluding hydrogens is 358 g/mol. The minimum atomic E-state index is -1.04. The van der Waals surface area contributed by atoms with Gasteiger partial charge >= 0.3 is 5.97 Å². The number of carbonyl (C=O) groups excluding carboxylic acids is 1. The second-order valence-electron chi connectivity index (χ2n) is 9.35. The Morgan fingerprint density at radius 3 is 2.39 bits per heavy atom. The number of carboxylic acids is 1. The van der Waals surface area contributed by atoms with Gasteiger partial charge in [-0.3, -0.25) is 9.59 Å². The van der Waals surface area contributed by atoms with E-state index in [1.54, 1.807) is 33.1 Å². The summed E-state index contributed by atoms with van der Waals surface area (Å²) in [4.78, 5) is 24.9. The molecule has 28 heavy (non-hydrogen) atoms. The van der Waals surface area contributed by atoms with Gasteiger partial charge in [0.05, 0.1) is 12.5 Å². The highest BCUT2D eigenvalue weighted by Crippen LogP contribution is 2.60. The topological polar surface area (TPSA) is 84.9 Å². The summed E-state index contributed by atoms with van der Waals surface area (Å²) in [5, 5.41) is 13.0. The number of ether oxygens (including phenoxy) is 2. The van der Waals surface area contributed by atoms with Crippen molar-refractivity contribution in [3.05, 3.63) is 24.3 Å². The maximum absolute atomic E-state index is 13.0. The number of carboxylic acid groups (broad SMARTS) is 1. The van der Waals surface area contributed by atoms with Crippen LogP contribution in [0.25, 0.3) is 0 Å². The molecule has 0 heterocycles. The van der Waals surface area contributed by atoms with E-state index in [9.17, 15) is 14.7 Å². The van der Waals surface area contributed by atoms with E-state index in [0.29, 0.717) is 30.3 Å². The first kappa shape index (κ1) is 19.1. The molecule has 0 saturated heterocycles. The average molecular weight is 387 g/mol. The Morgan fingerprint density at radius 2 is 1.79 bits per heavy atom. The van der Waals surface area contributed by atoms with Crippen molar-refractivity contribution in [3.8, 4) is 11.5 Å². The third-order valence-electron chi connectivity index (χ3n) is 6.99. The standard InChI is InChI=1S/C22H29NO5/c1-21(2,28-17-6-4-5-16(9-17)27-3)19(24)23-18-14-7-13-8-15(18)12-22(10-13,11-14)20(25)26/h4-6,9,13-15,18H,7-8,10-12H2,1-3H3,(H,23,24)(H,25,26). The molecule has 1 aromatic rings. The van der Waals surface area contributed by atoms with Crippen LogP contribution < -0.4 is 14.8 Å². The van der Waals surface area contributed by atoms with Crippen LogP contribution in [0.3, 0.4) is 0 Å². The average Bonchev–Trinajstić information content (AvgIpc) is 2.63. The monoisotopic (exact) mass is 387 g/mol. The third-order valence-corrected chi connectivity index (χ3v) is 6.99. The van der Waals surface area contributed by atoms with Crippen molar-refractivity contribution in [1.82, 2.24) is 5.32 Å². The molecule has 2 N–H and O–H groups in total. The molecular formula is C22H29NO5. The van der Waals surface area contributed by atoms with Crippen molar-refractivity contribution in [2.24, 2.45) is 23.2 Å². The van der Waals surface area contributed by atoms with E-state index in [1.807, 2.05) is 12.1 Å². The molecule has 1 amide bonds. The van der Waals surface area contributed by atoms with Gasteiger partial charge in [0, 0.05) is 12.1 Å². The summed E-state index contributed by atoms with van der Waals surface area (Å²) >= 11 is 0. The van der Waals surface area contributed by atoms with Gasteiger partial charge in [-0.15, -0.1) is 0 Å². The van der Waals surface area contributed by atoms with Gasteiger partial charge in [0.1, 0.15) is 11.5 Å². The molecule has 0 aliphatic heterocycles. The van der Waals surface area contributed by atoms with Crippen LogP contribution in [-0.2, 0) is 9.59 Å². The molecule has 0 spiro atoms. The zero-order valence-electron chi connectivity index (χ0n) is 16.7. The summed E-state index contributed by atoms with van der Waals surface area (Å²) in [5.41, 5.74) is -1.60. The number of nitrogens with one attached hydrogen (secondary N) is 1. The van der Waals surface area contributed by atoms with Crippen molar-refractivity contribution in [2.75, 3.05) is 7.11 Å². The van der Waals surface area contributed by atoms with Crippen LogP contribution in [0.4, 0.5) is 0 Å². The van der Waals surface area contributed by atoms with Crippen molar-refractivity contribution in [3.63, 3.8) is 0 Å². The first-order valence-corrected chi connectivity index (χ1v) is 10.1. The van der Waals surface area contributed by atoms with E-state index >= 15 is 0 Å². The van der Waals surface area contributed by atoms with E-state index in [0.717, 1.165) is 19.3 Å². The number of benzene rings is 1. The van der Waals surface area contributed by atoms with E-state index in [4.69, 9.17) is 9.47 Å². The number of aliphatic carboxylic acids is 1. The van der Waals surface area contributed by atoms with Crippen LogP contribution in [0.1, 0.15) is 46.0 Å². The van der Waals surface area contributed by atoms with Crippen molar-refractivity contribution < 1.29 is 24.2 Å². The number of hydrogen-bond acceptors (Lipinski definition) is 4. The van der Waals surface area contributed by atoms with Crippen LogP contribution >= 0.6 is 0 Å². The number of methoxy groups -OCH3 is 1. The zero-order chi connectivity index (χ0) is 20.1. The molecule has 0 radical (unpaired) electrons. The third kappa shape index (κ3) is 3.23. The summed E-state index contributed by atoms with van der Waals surface area (Å²) in [6.07, 6.45) is 4.20. The van der Waals surface area contributed by atoms with Crippen LogP contribution in [0.2, 0.25) is 0 Å². The van der Waals surface area contributed by atoms with E-state index in [2.05, 4.69) is 5.32 Å². The van der Waals surface area contributed by atoms with E-state index in [-0.39, 0.29) is 23.8 Å². The highest BCUT2D eigenvalue weighted by molar-refractivity contribution is 5.85. The normalized spacial score (nSPS) is 33.4. The van der Waals surface area contributed by atoms with Crippen molar-refractivity contribution in [1.29, 1.82) is 0 Å². The lowest BCUT2D eigenvalue weighted by molar-refractivity contribution is -0.168. The Kier molecular flexibility index (Phi) is 4.55. The van der Waals surface area contributed by atoms with E-state index < -0.39 is 17.0 Å². The molecule has 4 aliphatic rings. The van der Waals surface area contributed by atoms with Crippen LogP contribution in [-0.4, -0.2) is 35.7 Å². The summed E-state index contributed by atoms with van der Waals surface area (Å²) in [7, 11) is 1.59. The first-order valence-electron chi connectivity index (χ1n) is 10.1. The van der Waals surface area contributed by atoms with Gasteiger partial charge in [-0.05, 0) is 75.8 Å². The molecule has 4 saturated carbocycles. The van der Waals surface area contributed by atoms with Gasteiger partial charge in [0.15, 0.2) is 5.60 Å². The second-order valence-corrected chi connectivity index (χ2v) is 9.35. The van der Waals surface area contributed by atoms with Gasteiger partial charge in [0.2, 0.25) is 0 Å². The summed E-state index contributed by atoms with van der Waals surface area (Å²) in [5.74, 6) is 1.43. The molecule has 0 aromatic heterocycles. The highest BCUT2D eigenvalue weighted by atomic mass is 16.5. The van der Waals surface area contributed by atoms with Gasteiger partial charge in [0.25, 0.3) is 5.91 Å². The lowest BCUT2D eigenvalue weighted by Crippen LogP contribution is -2.63. The first-order chi connectivity index (χ1) is 13.2. The zero-order valence-corrected chi connectivity index (χ0v) is 16.7. The molecule has 152 valence electrons. The fourth-order valence-corrected chi connectivity index (χ4v) is 5.85. The maximum Gasteiger partial charge on any atom is 0.309 e. The SMILES string of the molecule is COc1cccc(OC(C)(C)C(=O)NC2C3CC4CC2CC(C(=O)O)(C4)C3)c1. The maximum atomic E-state index is 13.0. The van der Waals surface area contributed by atoms with Gasteiger partial charge in [-0.1, -0.05) is 6.07 Å². The predicted octanol–water partition coefficient (Wildman–Crippen LogP) is 3.25. The molecule has 1 aromatic carbocycles. The Labute approximate surface area is 165 Å². The van der Waals surface area contributed by atoms with Crippen LogP contribution in [0, 0.1) is 23.2 Å². The number of rotatable bonds is 6. The lowest BCUT2D eigenvalue weighted by atomic mass is 9.48. The molecule has 4 aliphatic carbocycles. The van der Waals surface area contributed by atoms with Gasteiger partial charge < -0.3 is 19.9 Å². The largest absolute Gasteiger partial charge is 0.497 e. The Balaban J connectivity index is 1.45. The minimum Gasteiger partial charge on any atom is -0.497 e. The number of carbonyl (C=O) groups is 2. The molecule has 2 atom stereocenters. The fraction of sp³-hybridized carbons (Fsp3) is 0.636. The van der Waals surface area contributed by atoms with Crippen molar-refractivity contribution >= 4 is 11.9 Å². The quantitative estimate of drug-likeness (QED) is 0.783. The molecule has 2 unspecified atom stereocenters. The molecule has 4 fully saturated rings. The molecule has 6 nitrogen and oxygen atoms in total. The molecule has 4 bridgehead atoms. The number of hydrogen-bond donors (Lipinski definition) is 2. The fourth-order valence-electron chi connectivity index (χ4n) is 5.85. The Morgan fingerprint density at radius 1 is 1.14 bits per heavy atom. The molecule has 6 heteroatoms. The van der Waals surface area contributed by atoms with Gasteiger partial charge in [-0.2, -0.15) is 0 Å².